The number of hydrogen-bond donors (Lipinski definition) is 2. The highest BCUT2D eigenvalue weighted by atomic mass is 35.5. The van der Waals surface area contributed by atoms with Gasteiger partial charge in [0.15, 0.2) is 0 Å². The van der Waals surface area contributed by atoms with Crippen molar-refractivity contribution in [2.75, 3.05) is 18.5 Å². The summed E-state index contributed by atoms with van der Waals surface area (Å²) in [4.78, 5) is 25.3. The van der Waals surface area contributed by atoms with Crippen LogP contribution in [0.15, 0.2) is 48.5 Å². The van der Waals surface area contributed by atoms with Crippen LogP contribution >= 0.6 is 11.6 Å². The van der Waals surface area contributed by atoms with Gasteiger partial charge in [0.05, 0.1) is 17.4 Å². The van der Waals surface area contributed by atoms with Crippen LogP contribution in [0.4, 0.5) is 5.69 Å². The van der Waals surface area contributed by atoms with Gasteiger partial charge in [0.2, 0.25) is 5.91 Å². The SMILES string of the molecule is O=C(NCC1CCCO1)c1ccccc1NC(=O)C1CC1c1ccccc1Cl. The average molecular weight is 399 g/mol. The summed E-state index contributed by atoms with van der Waals surface area (Å²) in [6.07, 6.45) is 2.84. The van der Waals surface area contributed by atoms with Crippen LogP contribution in [0.1, 0.15) is 41.1 Å². The van der Waals surface area contributed by atoms with Crippen LogP contribution in [-0.2, 0) is 9.53 Å². The summed E-state index contributed by atoms with van der Waals surface area (Å²) in [5.41, 5.74) is 2.00. The second-order valence-electron chi connectivity index (χ2n) is 7.35. The highest BCUT2D eigenvalue weighted by molar-refractivity contribution is 6.31. The van der Waals surface area contributed by atoms with Gasteiger partial charge in [-0.05, 0) is 48.9 Å². The normalized spacial score (nSPS) is 23.2. The molecule has 1 saturated carbocycles. The molecule has 0 spiro atoms. The Morgan fingerprint density at radius 2 is 1.89 bits per heavy atom. The summed E-state index contributed by atoms with van der Waals surface area (Å²) < 4.78 is 5.54. The van der Waals surface area contributed by atoms with E-state index in [9.17, 15) is 9.59 Å². The summed E-state index contributed by atoms with van der Waals surface area (Å²) in [6, 6.07) is 14.7. The van der Waals surface area contributed by atoms with E-state index in [1.54, 1.807) is 18.2 Å². The number of para-hydroxylation sites is 1. The molecule has 2 aromatic carbocycles. The van der Waals surface area contributed by atoms with Crippen LogP contribution in [0.5, 0.6) is 0 Å². The highest BCUT2D eigenvalue weighted by Crippen LogP contribution is 2.50. The summed E-state index contributed by atoms with van der Waals surface area (Å²) in [5, 5.41) is 6.53. The third kappa shape index (κ3) is 4.21. The van der Waals surface area contributed by atoms with E-state index in [0.29, 0.717) is 22.8 Å². The molecule has 2 amide bonds. The monoisotopic (exact) mass is 398 g/mol. The Hall–Kier alpha value is -2.37. The van der Waals surface area contributed by atoms with Gasteiger partial charge >= 0.3 is 0 Å². The van der Waals surface area contributed by atoms with E-state index in [2.05, 4.69) is 10.6 Å². The number of carbonyl (C=O) groups is 2. The maximum absolute atomic E-state index is 12.7. The van der Waals surface area contributed by atoms with Gasteiger partial charge in [-0.25, -0.2) is 0 Å². The second-order valence-corrected chi connectivity index (χ2v) is 7.76. The summed E-state index contributed by atoms with van der Waals surface area (Å²) in [5.74, 6) is -0.272. The lowest BCUT2D eigenvalue weighted by Gasteiger charge is -2.14. The Morgan fingerprint density at radius 1 is 1.11 bits per heavy atom. The molecule has 2 fully saturated rings. The van der Waals surface area contributed by atoms with Crippen LogP contribution in [0.2, 0.25) is 5.02 Å². The van der Waals surface area contributed by atoms with E-state index in [-0.39, 0.29) is 29.8 Å². The molecule has 2 aromatic rings. The third-order valence-electron chi connectivity index (χ3n) is 5.38. The van der Waals surface area contributed by atoms with Crippen LogP contribution in [0, 0.1) is 5.92 Å². The molecular formula is C22H23ClN2O3. The van der Waals surface area contributed by atoms with Crippen LogP contribution in [-0.4, -0.2) is 31.1 Å². The number of rotatable bonds is 6. The van der Waals surface area contributed by atoms with Crippen molar-refractivity contribution in [3.05, 3.63) is 64.7 Å². The standard InChI is InChI=1S/C22H23ClN2O3/c23-19-9-3-1-7-15(19)17-12-18(17)22(27)25-20-10-4-2-8-16(20)21(26)24-13-14-6-5-11-28-14/h1-4,7-10,14,17-18H,5-6,11-13H2,(H,24,26)(H,25,27). The van der Waals surface area contributed by atoms with E-state index < -0.39 is 0 Å². The molecule has 3 atom stereocenters. The molecule has 1 saturated heterocycles. The van der Waals surface area contributed by atoms with Crippen molar-refractivity contribution < 1.29 is 14.3 Å². The van der Waals surface area contributed by atoms with Gasteiger partial charge in [0, 0.05) is 24.1 Å². The number of halogens is 1. The first kappa shape index (κ1) is 19.0. The first-order valence-electron chi connectivity index (χ1n) is 9.67. The Labute approximate surface area is 169 Å². The molecule has 1 heterocycles. The summed E-state index contributed by atoms with van der Waals surface area (Å²) in [6.45, 7) is 1.24. The minimum Gasteiger partial charge on any atom is -0.376 e. The number of anilines is 1. The van der Waals surface area contributed by atoms with E-state index in [4.69, 9.17) is 16.3 Å². The van der Waals surface area contributed by atoms with Crippen LogP contribution in [0.3, 0.4) is 0 Å². The van der Waals surface area contributed by atoms with Gasteiger partial charge in [0.1, 0.15) is 0 Å². The van der Waals surface area contributed by atoms with Gasteiger partial charge in [-0.2, -0.15) is 0 Å². The molecule has 4 rings (SSSR count). The molecule has 146 valence electrons. The predicted molar refractivity (Wildman–Crippen MR) is 109 cm³/mol. The number of ether oxygens (including phenoxy) is 1. The topological polar surface area (TPSA) is 67.4 Å². The van der Waals surface area contributed by atoms with Crippen molar-refractivity contribution in [3.8, 4) is 0 Å². The average Bonchev–Trinajstić information content (AvgIpc) is 3.33. The molecule has 0 radical (unpaired) electrons. The van der Waals surface area contributed by atoms with Gasteiger partial charge in [-0.3, -0.25) is 9.59 Å². The zero-order valence-corrected chi connectivity index (χ0v) is 16.2. The molecule has 6 heteroatoms. The Bertz CT molecular complexity index is 880. The molecule has 0 bridgehead atoms. The first-order chi connectivity index (χ1) is 13.6. The minimum absolute atomic E-state index is 0.0774. The largest absolute Gasteiger partial charge is 0.376 e. The zero-order chi connectivity index (χ0) is 19.5. The van der Waals surface area contributed by atoms with E-state index >= 15 is 0 Å². The summed E-state index contributed by atoms with van der Waals surface area (Å²) >= 11 is 6.25. The molecule has 2 aliphatic rings. The molecule has 3 unspecified atom stereocenters. The Kier molecular flexibility index (Phi) is 5.64. The number of carbonyl (C=O) groups excluding carboxylic acids is 2. The lowest BCUT2D eigenvalue weighted by atomic mass is 10.1. The zero-order valence-electron chi connectivity index (χ0n) is 15.5. The maximum Gasteiger partial charge on any atom is 0.253 e. The lowest BCUT2D eigenvalue weighted by Crippen LogP contribution is -2.32. The number of nitrogens with one attached hydrogen (secondary N) is 2. The summed E-state index contributed by atoms with van der Waals surface area (Å²) in [7, 11) is 0. The molecule has 28 heavy (non-hydrogen) atoms. The van der Waals surface area contributed by atoms with Gasteiger partial charge in [-0.15, -0.1) is 0 Å². The third-order valence-corrected chi connectivity index (χ3v) is 5.72. The molecular weight excluding hydrogens is 376 g/mol. The lowest BCUT2D eigenvalue weighted by molar-refractivity contribution is -0.117. The van der Waals surface area contributed by atoms with Crippen LogP contribution < -0.4 is 10.6 Å². The Balaban J connectivity index is 1.39. The predicted octanol–water partition coefficient (Wildman–Crippen LogP) is 3.99. The van der Waals surface area contributed by atoms with Crippen molar-refractivity contribution in [3.63, 3.8) is 0 Å². The maximum atomic E-state index is 12.7. The van der Waals surface area contributed by atoms with Gasteiger partial charge in [0.25, 0.3) is 5.91 Å². The second kappa shape index (κ2) is 8.33. The fourth-order valence-electron chi connectivity index (χ4n) is 3.73. The van der Waals surface area contributed by atoms with Crippen molar-refractivity contribution in [1.82, 2.24) is 5.32 Å². The van der Waals surface area contributed by atoms with Gasteiger partial charge in [-0.1, -0.05) is 41.9 Å². The quantitative estimate of drug-likeness (QED) is 0.773. The molecule has 1 aliphatic heterocycles. The van der Waals surface area contributed by atoms with Crippen molar-refractivity contribution in [2.45, 2.75) is 31.3 Å². The number of amides is 2. The number of hydrogen-bond acceptors (Lipinski definition) is 3. The first-order valence-corrected chi connectivity index (χ1v) is 10.1. The number of benzene rings is 2. The van der Waals surface area contributed by atoms with Crippen molar-refractivity contribution in [2.24, 2.45) is 5.92 Å². The minimum atomic E-state index is -0.204. The molecule has 1 aliphatic carbocycles. The fourth-order valence-corrected chi connectivity index (χ4v) is 4.00. The molecule has 0 aromatic heterocycles. The van der Waals surface area contributed by atoms with E-state index in [0.717, 1.165) is 31.4 Å². The fraction of sp³-hybridized carbons (Fsp3) is 0.364. The smallest absolute Gasteiger partial charge is 0.253 e. The van der Waals surface area contributed by atoms with Gasteiger partial charge < -0.3 is 15.4 Å². The molecule has 5 nitrogen and oxygen atoms in total. The van der Waals surface area contributed by atoms with Crippen LogP contribution in [0.25, 0.3) is 0 Å². The highest BCUT2D eigenvalue weighted by Gasteiger charge is 2.45. The van der Waals surface area contributed by atoms with E-state index in [1.165, 1.54) is 0 Å². The van der Waals surface area contributed by atoms with Crippen molar-refractivity contribution in [1.29, 1.82) is 0 Å². The van der Waals surface area contributed by atoms with E-state index in [1.807, 2.05) is 30.3 Å². The Morgan fingerprint density at radius 3 is 2.68 bits per heavy atom. The van der Waals surface area contributed by atoms with Crippen molar-refractivity contribution >= 4 is 29.1 Å². The molecule has 2 N–H and O–H groups in total.